The number of amides is 2. The minimum absolute atomic E-state index is 0.0593. The van der Waals surface area contributed by atoms with Crippen LogP contribution < -0.4 is 5.32 Å². The molecule has 1 atom stereocenters. The Kier molecular flexibility index (Phi) is 8.52. The Labute approximate surface area is 172 Å². The maximum atomic E-state index is 13.0. The Morgan fingerprint density at radius 1 is 1.00 bits per heavy atom. The van der Waals surface area contributed by atoms with Crippen molar-refractivity contribution in [3.8, 4) is 0 Å². The molecule has 0 aromatic heterocycles. The van der Waals surface area contributed by atoms with Crippen molar-refractivity contribution in [2.24, 2.45) is 5.92 Å². The fourth-order valence-corrected chi connectivity index (χ4v) is 3.08. The number of nitrogens with zero attached hydrogens (tertiary/aromatic N) is 1. The monoisotopic (exact) mass is 400 g/mol. The molecule has 2 amide bonds. The first-order chi connectivity index (χ1) is 13.4. The molecular formula is C23H29ClN2O2. The highest BCUT2D eigenvalue weighted by atomic mass is 35.5. The fourth-order valence-electron chi connectivity index (χ4n) is 2.88. The quantitative estimate of drug-likeness (QED) is 0.675. The van der Waals surface area contributed by atoms with E-state index in [4.69, 9.17) is 11.6 Å². The molecule has 0 bridgehead atoms. The van der Waals surface area contributed by atoms with Crippen LogP contribution in [0.5, 0.6) is 0 Å². The zero-order valence-corrected chi connectivity index (χ0v) is 17.6. The minimum atomic E-state index is -0.571. The van der Waals surface area contributed by atoms with E-state index in [-0.39, 0.29) is 11.8 Å². The summed E-state index contributed by atoms with van der Waals surface area (Å²) in [5.74, 6) is 0.145. The highest BCUT2D eigenvalue weighted by Gasteiger charge is 2.26. The van der Waals surface area contributed by atoms with E-state index in [1.807, 2.05) is 62.4 Å². The maximum absolute atomic E-state index is 13.0. The van der Waals surface area contributed by atoms with E-state index in [0.717, 1.165) is 11.1 Å². The van der Waals surface area contributed by atoms with Gasteiger partial charge in [-0.25, -0.2) is 0 Å². The molecule has 2 aromatic rings. The van der Waals surface area contributed by atoms with Crippen molar-refractivity contribution < 1.29 is 9.59 Å². The second-order valence-corrected chi connectivity index (χ2v) is 7.82. The molecule has 1 N–H and O–H groups in total. The van der Waals surface area contributed by atoms with Crippen molar-refractivity contribution in [3.63, 3.8) is 0 Å². The van der Waals surface area contributed by atoms with Gasteiger partial charge in [-0.05, 0) is 36.5 Å². The van der Waals surface area contributed by atoms with E-state index in [9.17, 15) is 9.59 Å². The van der Waals surface area contributed by atoms with Crippen LogP contribution in [-0.4, -0.2) is 29.3 Å². The van der Waals surface area contributed by atoms with Gasteiger partial charge in [-0.15, -0.1) is 0 Å². The van der Waals surface area contributed by atoms with Gasteiger partial charge in [-0.1, -0.05) is 74.0 Å². The normalized spacial score (nSPS) is 11.9. The van der Waals surface area contributed by atoms with Gasteiger partial charge < -0.3 is 10.2 Å². The average molecular weight is 401 g/mol. The van der Waals surface area contributed by atoms with Crippen LogP contribution in [0.2, 0.25) is 5.02 Å². The van der Waals surface area contributed by atoms with Gasteiger partial charge in [0, 0.05) is 24.5 Å². The summed E-state index contributed by atoms with van der Waals surface area (Å²) in [7, 11) is 0. The number of benzene rings is 2. The Hall–Kier alpha value is -2.33. The van der Waals surface area contributed by atoms with Gasteiger partial charge in [-0.2, -0.15) is 0 Å². The van der Waals surface area contributed by atoms with E-state index in [2.05, 4.69) is 5.32 Å². The number of rotatable bonds is 9. The van der Waals surface area contributed by atoms with Gasteiger partial charge in [0.05, 0.1) is 0 Å². The van der Waals surface area contributed by atoms with Gasteiger partial charge in [0.1, 0.15) is 6.04 Å². The lowest BCUT2D eigenvalue weighted by Gasteiger charge is -2.29. The van der Waals surface area contributed by atoms with E-state index in [0.29, 0.717) is 36.9 Å². The molecule has 0 aliphatic heterocycles. The molecule has 0 fully saturated rings. The van der Waals surface area contributed by atoms with Gasteiger partial charge in [0.25, 0.3) is 0 Å². The van der Waals surface area contributed by atoms with Crippen LogP contribution in [0.15, 0.2) is 54.6 Å². The molecule has 28 heavy (non-hydrogen) atoms. The van der Waals surface area contributed by atoms with Gasteiger partial charge in [-0.3, -0.25) is 9.59 Å². The Bertz CT molecular complexity index is 777. The van der Waals surface area contributed by atoms with Crippen molar-refractivity contribution in [3.05, 3.63) is 70.7 Å². The lowest BCUT2D eigenvalue weighted by Crippen LogP contribution is -2.48. The predicted octanol–water partition coefficient (Wildman–Crippen LogP) is 4.46. The number of nitrogens with one attached hydrogen (secondary N) is 1. The highest BCUT2D eigenvalue weighted by molar-refractivity contribution is 6.31. The zero-order chi connectivity index (χ0) is 20.5. The zero-order valence-electron chi connectivity index (χ0n) is 16.8. The first-order valence-electron chi connectivity index (χ1n) is 9.73. The van der Waals surface area contributed by atoms with Crippen LogP contribution >= 0.6 is 11.6 Å². The molecule has 0 saturated carbocycles. The molecule has 2 rings (SSSR count). The molecule has 150 valence electrons. The molecular weight excluding hydrogens is 372 g/mol. The Balaban J connectivity index is 2.13. The summed E-state index contributed by atoms with van der Waals surface area (Å²) < 4.78 is 0. The number of aryl methyl sites for hydroxylation is 1. The molecule has 5 heteroatoms. The summed E-state index contributed by atoms with van der Waals surface area (Å²) in [6.45, 7) is 6.74. The van der Waals surface area contributed by atoms with Crippen molar-refractivity contribution in [2.45, 2.75) is 46.2 Å². The number of hydrogen-bond acceptors (Lipinski definition) is 2. The lowest BCUT2D eigenvalue weighted by molar-refractivity contribution is -0.140. The average Bonchev–Trinajstić information content (AvgIpc) is 2.69. The van der Waals surface area contributed by atoms with Crippen LogP contribution in [-0.2, 0) is 22.6 Å². The predicted molar refractivity (Wildman–Crippen MR) is 114 cm³/mol. The molecule has 0 radical (unpaired) electrons. The van der Waals surface area contributed by atoms with Crippen LogP contribution in [0, 0.1) is 5.92 Å². The molecule has 4 nitrogen and oxygen atoms in total. The van der Waals surface area contributed by atoms with E-state index in [1.54, 1.807) is 17.9 Å². The van der Waals surface area contributed by atoms with Crippen molar-refractivity contribution in [2.75, 3.05) is 6.54 Å². The van der Waals surface area contributed by atoms with Crippen molar-refractivity contribution >= 4 is 23.4 Å². The molecule has 0 spiro atoms. The van der Waals surface area contributed by atoms with Crippen molar-refractivity contribution in [1.29, 1.82) is 0 Å². The second kappa shape index (κ2) is 10.9. The SMILES string of the molecule is CC(C)CNC(=O)[C@@H](C)N(Cc1ccccc1Cl)C(=O)CCc1ccccc1. The Morgan fingerprint density at radius 3 is 2.29 bits per heavy atom. The molecule has 0 aliphatic carbocycles. The molecule has 0 heterocycles. The van der Waals surface area contributed by atoms with Crippen LogP contribution in [0.1, 0.15) is 38.3 Å². The standard InChI is InChI=1S/C23H29ClN2O2/c1-17(2)15-25-23(28)18(3)26(16-20-11-7-8-12-21(20)24)22(27)14-13-19-9-5-4-6-10-19/h4-12,17-18H,13-16H2,1-3H3,(H,25,28)/t18-/m1/s1. The Morgan fingerprint density at radius 2 is 1.64 bits per heavy atom. The maximum Gasteiger partial charge on any atom is 0.242 e. The van der Waals surface area contributed by atoms with E-state index >= 15 is 0 Å². The van der Waals surface area contributed by atoms with Crippen LogP contribution in [0.3, 0.4) is 0 Å². The summed E-state index contributed by atoms with van der Waals surface area (Å²) in [5, 5.41) is 3.52. The third-order valence-electron chi connectivity index (χ3n) is 4.62. The number of carbonyl (C=O) groups excluding carboxylic acids is 2. The minimum Gasteiger partial charge on any atom is -0.354 e. The van der Waals surface area contributed by atoms with Crippen molar-refractivity contribution in [1.82, 2.24) is 10.2 Å². The van der Waals surface area contributed by atoms with Gasteiger partial charge in [0.15, 0.2) is 0 Å². The van der Waals surface area contributed by atoms with Crippen LogP contribution in [0.25, 0.3) is 0 Å². The molecule has 0 aliphatic rings. The summed E-state index contributed by atoms with van der Waals surface area (Å²) in [4.78, 5) is 27.2. The van der Waals surface area contributed by atoms with Gasteiger partial charge in [0.2, 0.25) is 11.8 Å². The molecule has 0 unspecified atom stereocenters. The fraction of sp³-hybridized carbons (Fsp3) is 0.391. The number of carbonyl (C=O) groups is 2. The topological polar surface area (TPSA) is 49.4 Å². The third kappa shape index (κ3) is 6.68. The number of hydrogen-bond donors (Lipinski definition) is 1. The largest absolute Gasteiger partial charge is 0.354 e. The summed E-state index contributed by atoms with van der Waals surface area (Å²) in [5.41, 5.74) is 1.94. The number of halogens is 1. The summed E-state index contributed by atoms with van der Waals surface area (Å²) in [6.07, 6.45) is 0.981. The first-order valence-corrected chi connectivity index (χ1v) is 10.1. The first kappa shape index (κ1) is 22.0. The van der Waals surface area contributed by atoms with E-state index in [1.165, 1.54) is 0 Å². The van der Waals surface area contributed by atoms with Gasteiger partial charge >= 0.3 is 0 Å². The highest BCUT2D eigenvalue weighted by Crippen LogP contribution is 2.19. The lowest BCUT2D eigenvalue weighted by atomic mass is 10.1. The molecule has 2 aromatic carbocycles. The van der Waals surface area contributed by atoms with Crippen LogP contribution in [0.4, 0.5) is 0 Å². The third-order valence-corrected chi connectivity index (χ3v) is 4.99. The molecule has 0 saturated heterocycles. The summed E-state index contributed by atoms with van der Waals surface area (Å²) in [6, 6.07) is 16.7. The van der Waals surface area contributed by atoms with E-state index < -0.39 is 6.04 Å². The second-order valence-electron chi connectivity index (χ2n) is 7.41. The summed E-state index contributed by atoms with van der Waals surface area (Å²) >= 11 is 6.29. The smallest absolute Gasteiger partial charge is 0.242 e.